The molecule has 4 aliphatic carbocycles. The number of rotatable bonds is 4. The van der Waals surface area contributed by atoms with Gasteiger partial charge in [0.1, 0.15) is 0 Å². The Morgan fingerprint density at radius 2 is 1.69 bits per heavy atom. The number of aliphatic carboxylic acids is 1. The molecule has 4 unspecified atom stereocenters. The van der Waals surface area contributed by atoms with Gasteiger partial charge in [0.15, 0.2) is 0 Å². The third kappa shape index (κ3) is 3.99. The van der Waals surface area contributed by atoms with Crippen LogP contribution in [-0.4, -0.2) is 28.4 Å². The number of hydrogen-bond acceptors (Lipinski definition) is 4. The van der Waals surface area contributed by atoms with Gasteiger partial charge in [-0.05, 0) is 111 Å². The van der Waals surface area contributed by atoms with E-state index in [2.05, 4.69) is 20.8 Å². The molecule has 5 heteroatoms. The van der Waals surface area contributed by atoms with Crippen molar-refractivity contribution in [1.29, 1.82) is 0 Å². The van der Waals surface area contributed by atoms with E-state index in [1.54, 1.807) is 0 Å². The fraction of sp³-hybridized carbons (Fsp3) is 0.958. The normalized spacial score (nSPS) is 49.9. The van der Waals surface area contributed by atoms with Gasteiger partial charge in [-0.2, -0.15) is 0 Å². The Morgan fingerprint density at radius 3 is 2.38 bits per heavy atom. The van der Waals surface area contributed by atoms with Crippen molar-refractivity contribution in [2.75, 3.05) is 0 Å². The van der Waals surface area contributed by atoms with Gasteiger partial charge in [0.25, 0.3) is 0 Å². The summed E-state index contributed by atoms with van der Waals surface area (Å²) in [6.45, 7) is 7.11. The van der Waals surface area contributed by atoms with Crippen molar-refractivity contribution in [3.8, 4) is 0 Å². The Balaban J connectivity index is 0.00000240. The molecule has 0 aromatic rings. The average Bonchev–Trinajstić information content (AvgIpc) is 2.98. The Kier molecular flexibility index (Phi) is 7.24. The molecule has 4 rings (SSSR count). The first-order valence-electron chi connectivity index (χ1n) is 11.7. The van der Waals surface area contributed by atoms with E-state index in [4.69, 9.17) is 0 Å². The third-order valence-electron chi connectivity index (χ3n) is 10.2. The zero-order valence-electron chi connectivity index (χ0n) is 18.9. The maximum atomic E-state index is 11.2. The second-order valence-corrected chi connectivity index (χ2v) is 11.3. The maximum absolute atomic E-state index is 11.2. The van der Waals surface area contributed by atoms with E-state index in [1.807, 2.05) is 0 Å². The summed E-state index contributed by atoms with van der Waals surface area (Å²) in [6.07, 6.45) is 8.91. The summed E-state index contributed by atoms with van der Waals surface area (Å²) < 4.78 is 0. The van der Waals surface area contributed by atoms with E-state index in [-0.39, 0.29) is 59.0 Å². The number of hydrogen-bond donors (Lipinski definition) is 2. The minimum Gasteiger partial charge on any atom is -0.550 e. The molecule has 0 radical (unpaired) electrons. The number of carboxylic acids is 1. The van der Waals surface area contributed by atoms with Crippen molar-refractivity contribution in [2.45, 2.75) is 97.2 Å². The summed E-state index contributed by atoms with van der Waals surface area (Å²) in [7, 11) is 0. The quantitative estimate of drug-likeness (QED) is 0.642. The molecule has 4 saturated carbocycles. The monoisotopic (exact) mass is 414 g/mol. The van der Waals surface area contributed by atoms with Crippen LogP contribution in [0, 0.1) is 46.3 Å². The summed E-state index contributed by atoms with van der Waals surface area (Å²) in [5, 5.41) is 32.4. The molecule has 0 heterocycles. The van der Waals surface area contributed by atoms with Crippen molar-refractivity contribution in [2.24, 2.45) is 46.3 Å². The molecule has 4 nitrogen and oxygen atoms in total. The van der Waals surface area contributed by atoms with Crippen molar-refractivity contribution in [3.05, 3.63) is 0 Å². The molecular weight excluding hydrogens is 375 g/mol. The smallest absolute Gasteiger partial charge is 0.550 e. The van der Waals surface area contributed by atoms with Crippen molar-refractivity contribution in [1.82, 2.24) is 0 Å². The van der Waals surface area contributed by atoms with Crippen LogP contribution in [0.3, 0.4) is 0 Å². The first-order chi connectivity index (χ1) is 13.2. The van der Waals surface area contributed by atoms with Crippen LogP contribution in [0.25, 0.3) is 0 Å². The van der Waals surface area contributed by atoms with Crippen molar-refractivity contribution in [3.63, 3.8) is 0 Å². The molecule has 10 atom stereocenters. The van der Waals surface area contributed by atoms with Crippen LogP contribution < -0.4 is 34.7 Å². The van der Waals surface area contributed by atoms with Crippen molar-refractivity contribution < 1.29 is 49.7 Å². The van der Waals surface area contributed by atoms with Crippen LogP contribution in [-0.2, 0) is 4.79 Å². The molecule has 0 amide bonds. The maximum Gasteiger partial charge on any atom is 1.00 e. The van der Waals surface area contributed by atoms with E-state index in [9.17, 15) is 20.1 Å². The summed E-state index contributed by atoms with van der Waals surface area (Å²) >= 11 is 0. The fourth-order valence-electron chi connectivity index (χ4n) is 8.72. The average molecular weight is 415 g/mol. The largest absolute Gasteiger partial charge is 1.00 e. The molecule has 0 spiro atoms. The van der Waals surface area contributed by atoms with E-state index < -0.39 is 5.97 Å². The minimum absolute atomic E-state index is 0. The van der Waals surface area contributed by atoms with Crippen LogP contribution in [0.15, 0.2) is 0 Å². The molecule has 0 aromatic carbocycles. The van der Waals surface area contributed by atoms with Gasteiger partial charge in [0.2, 0.25) is 0 Å². The van der Waals surface area contributed by atoms with E-state index >= 15 is 0 Å². The van der Waals surface area contributed by atoms with Gasteiger partial charge in [0, 0.05) is 5.97 Å². The predicted octanol–water partition coefficient (Wildman–Crippen LogP) is 0.147. The molecule has 0 saturated heterocycles. The summed E-state index contributed by atoms with van der Waals surface area (Å²) in [5.41, 5.74) is 0.494. The van der Waals surface area contributed by atoms with Crippen molar-refractivity contribution >= 4 is 5.97 Å². The third-order valence-corrected chi connectivity index (χ3v) is 10.2. The van der Waals surface area contributed by atoms with E-state index in [1.165, 1.54) is 25.7 Å². The predicted molar refractivity (Wildman–Crippen MR) is 106 cm³/mol. The number of carbonyl (C=O) groups is 1. The van der Waals surface area contributed by atoms with Crippen LogP contribution in [0.1, 0.15) is 85.0 Å². The second-order valence-electron chi connectivity index (χ2n) is 11.3. The number of carboxylic acid groups (broad SMARTS) is 1. The summed E-state index contributed by atoms with van der Waals surface area (Å²) in [6, 6.07) is 0. The number of carbonyl (C=O) groups excluding carboxylic acids is 1. The molecule has 0 aromatic heterocycles. The SMILES string of the molecule is C[C@@H](CCC(=O)[O-])[C@@H]1CC[C@@H]2C3[C@@H](CCC21C)C1(C)CC[C@H](O)CC1C[C@@H]3O.[Na+]. The number of aliphatic hydroxyl groups is 2. The Hall–Kier alpha value is 0.390. The molecule has 4 fully saturated rings. The zero-order chi connectivity index (χ0) is 20.3. The summed E-state index contributed by atoms with van der Waals surface area (Å²) in [4.78, 5) is 10.9. The second kappa shape index (κ2) is 8.73. The van der Waals surface area contributed by atoms with Crippen LogP contribution >= 0.6 is 0 Å². The number of fused-ring (bicyclic) bond motifs is 5. The van der Waals surface area contributed by atoms with Gasteiger partial charge in [-0.25, -0.2) is 0 Å². The molecule has 29 heavy (non-hydrogen) atoms. The Labute approximate surface area is 198 Å². The van der Waals surface area contributed by atoms with E-state index in [0.29, 0.717) is 41.9 Å². The van der Waals surface area contributed by atoms with Crippen LogP contribution in [0.2, 0.25) is 0 Å². The van der Waals surface area contributed by atoms with Gasteiger partial charge in [-0.15, -0.1) is 0 Å². The molecule has 0 bridgehead atoms. The number of aliphatic hydroxyl groups excluding tert-OH is 2. The standard InChI is InChI=1S/C24H40O4.Na/c1-14(4-7-21(27)28)17-5-6-18-22-19(9-11-24(17,18)3)23(2)10-8-16(25)12-15(23)13-20(22)26;/h14-20,22,25-26H,4-13H2,1-3H3,(H,27,28);/q;+1/p-1/t14-,15?,16-,17-,18+,19+,20-,22?,23?,24?;/m0./s1. The first-order valence-corrected chi connectivity index (χ1v) is 11.7. The first kappa shape index (κ1) is 24.0. The van der Waals surface area contributed by atoms with Gasteiger partial charge in [-0.3, -0.25) is 0 Å². The summed E-state index contributed by atoms with van der Waals surface area (Å²) in [5.74, 6) is 1.99. The van der Waals surface area contributed by atoms with Gasteiger partial charge >= 0.3 is 29.6 Å². The van der Waals surface area contributed by atoms with E-state index in [0.717, 1.165) is 25.7 Å². The molecule has 2 N–H and O–H groups in total. The van der Waals surface area contributed by atoms with Gasteiger partial charge < -0.3 is 20.1 Å². The topological polar surface area (TPSA) is 80.6 Å². The fourth-order valence-corrected chi connectivity index (χ4v) is 8.72. The Morgan fingerprint density at radius 1 is 1.03 bits per heavy atom. The molecule has 0 aliphatic heterocycles. The van der Waals surface area contributed by atoms with Gasteiger partial charge in [-0.1, -0.05) is 20.8 Å². The minimum atomic E-state index is -0.934. The Bertz CT molecular complexity index is 612. The van der Waals surface area contributed by atoms with Crippen LogP contribution in [0.4, 0.5) is 0 Å². The zero-order valence-corrected chi connectivity index (χ0v) is 20.9. The molecule has 160 valence electrons. The van der Waals surface area contributed by atoms with Crippen LogP contribution in [0.5, 0.6) is 0 Å². The molecule has 4 aliphatic rings. The van der Waals surface area contributed by atoms with Gasteiger partial charge in [0.05, 0.1) is 12.2 Å². The molecular formula is C24H39NaO4.